The molecule has 9 heteroatoms. The first-order valence-corrected chi connectivity index (χ1v) is 11.0. The summed E-state index contributed by atoms with van der Waals surface area (Å²) in [4.78, 5) is 3.14. The first-order chi connectivity index (χ1) is 12.9. The lowest BCUT2D eigenvalue weighted by molar-refractivity contribution is 0.590. The summed E-state index contributed by atoms with van der Waals surface area (Å²) in [6, 6.07) is 11.0. The zero-order chi connectivity index (χ0) is 19.2. The minimum atomic E-state index is -3.83. The number of nitrogens with one attached hydrogen (secondary N) is 2. The summed E-state index contributed by atoms with van der Waals surface area (Å²) in [5.74, 6) is 0. The van der Waals surface area contributed by atoms with Crippen molar-refractivity contribution in [3.63, 3.8) is 0 Å². The van der Waals surface area contributed by atoms with Gasteiger partial charge < -0.3 is 10.3 Å². The molecule has 0 radical (unpaired) electrons. The van der Waals surface area contributed by atoms with Gasteiger partial charge >= 0.3 is 0 Å². The molecule has 0 atom stereocenters. The van der Waals surface area contributed by atoms with E-state index in [9.17, 15) is 8.42 Å². The third-order valence-electron chi connectivity index (χ3n) is 4.21. The predicted molar refractivity (Wildman–Crippen MR) is 111 cm³/mol. The Morgan fingerprint density at radius 1 is 1.19 bits per heavy atom. The van der Waals surface area contributed by atoms with Crippen LogP contribution in [0.4, 0.5) is 0 Å². The summed E-state index contributed by atoms with van der Waals surface area (Å²) in [7, 11) is -2.01. The van der Waals surface area contributed by atoms with E-state index in [4.69, 9.17) is 23.2 Å². The van der Waals surface area contributed by atoms with Gasteiger partial charge in [0.25, 0.3) is 10.0 Å². The summed E-state index contributed by atoms with van der Waals surface area (Å²) in [6.07, 6.45) is 3.48. The Balaban J connectivity index is 1.91. The van der Waals surface area contributed by atoms with E-state index >= 15 is 0 Å². The van der Waals surface area contributed by atoms with Crippen molar-refractivity contribution in [2.24, 2.45) is 0 Å². The molecule has 0 bridgehead atoms. The maximum absolute atomic E-state index is 13.3. The van der Waals surface area contributed by atoms with E-state index in [1.54, 1.807) is 6.20 Å². The zero-order valence-corrected chi connectivity index (χ0v) is 17.3. The fourth-order valence-electron chi connectivity index (χ4n) is 2.97. The van der Waals surface area contributed by atoms with E-state index < -0.39 is 10.0 Å². The number of hydrogen-bond acceptors (Lipinski definition) is 4. The molecule has 3 heterocycles. The van der Waals surface area contributed by atoms with Gasteiger partial charge in [0.15, 0.2) is 0 Å². The maximum atomic E-state index is 13.3. The van der Waals surface area contributed by atoms with Crippen molar-refractivity contribution in [3.05, 3.63) is 63.7 Å². The third kappa shape index (κ3) is 3.30. The lowest BCUT2D eigenvalue weighted by Crippen LogP contribution is -2.12. The molecule has 0 amide bonds. The van der Waals surface area contributed by atoms with Crippen LogP contribution in [-0.4, -0.2) is 24.4 Å². The summed E-state index contributed by atoms with van der Waals surface area (Å²) >= 11 is 12.9. The maximum Gasteiger partial charge on any atom is 0.277 e. The number of aromatic amines is 1. The number of H-pyrrole nitrogens is 1. The Hall–Kier alpha value is -1.77. The summed E-state index contributed by atoms with van der Waals surface area (Å²) < 4.78 is 28.2. The second kappa shape index (κ2) is 7.00. The van der Waals surface area contributed by atoms with Gasteiger partial charge in [-0.25, -0.2) is 3.97 Å². The van der Waals surface area contributed by atoms with E-state index in [0.29, 0.717) is 12.2 Å². The molecule has 1 aromatic carbocycles. The van der Waals surface area contributed by atoms with Crippen LogP contribution in [0.1, 0.15) is 5.56 Å². The lowest BCUT2D eigenvalue weighted by atomic mass is 10.1. The second-order valence-electron chi connectivity index (χ2n) is 6.03. The van der Waals surface area contributed by atoms with Crippen LogP contribution >= 0.6 is 34.5 Å². The molecular weight excluding hydrogens is 425 g/mol. The minimum absolute atomic E-state index is 0.105. The first kappa shape index (κ1) is 18.6. The minimum Gasteiger partial charge on any atom is -0.361 e. The highest BCUT2D eigenvalue weighted by Gasteiger charge is 2.25. The number of hydrogen-bond donors (Lipinski definition) is 2. The normalized spacial score (nSPS) is 12.1. The lowest BCUT2D eigenvalue weighted by Gasteiger charge is -2.09. The van der Waals surface area contributed by atoms with Gasteiger partial charge in [-0.2, -0.15) is 8.42 Å². The van der Waals surface area contributed by atoms with Crippen LogP contribution in [-0.2, 0) is 16.6 Å². The third-order valence-corrected chi connectivity index (χ3v) is 8.20. The van der Waals surface area contributed by atoms with E-state index in [1.165, 1.54) is 10.0 Å². The standard InChI is InChI=1S/C18H15Cl2N3O2S2/c1-21-9-11-6-16(13-2-3-15-12(7-13)4-5-22-15)23(10-11)27(24,25)17-8-14(19)18(20)26-17/h2-8,10,21-22H,9H2,1H3. The van der Waals surface area contributed by atoms with Gasteiger partial charge in [-0.3, -0.25) is 0 Å². The van der Waals surface area contributed by atoms with Crippen molar-refractivity contribution >= 4 is 55.5 Å². The average Bonchev–Trinajstić information content (AvgIpc) is 3.34. The number of benzene rings is 1. The molecule has 2 N–H and O–H groups in total. The van der Waals surface area contributed by atoms with Crippen molar-refractivity contribution < 1.29 is 8.42 Å². The molecule has 5 nitrogen and oxygen atoms in total. The topological polar surface area (TPSA) is 66.9 Å². The molecule has 0 unspecified atom stereocenters. The monoisotopic (exact) mass is 439 g/mol. The number of thiophene rings is 1. The molecule has 0 saturated heterocycles. The molecule has 4 rings (SSSR count). The quantitative estimate of drug-likeness (QED) is 0.461. The van der Waals surface area contributed by atoms with E-state index in [1.807, 2.05) is 43.6 Å². The number of aromatic nitrogens is 2. The van der Waals surface area contributed by atoms with Crippen LogP contribution < -0.4 is 5.32 Å². The highest BCUT2D eigenvalue weighted by molar-refractivity contribution is 7.92. The molecule has 0 saturated carbocycles. The van der Waals surface area contributed by atoms with Gasteiger partial charge in [-0.1, -0.05) is 29.3 Å². The molecule has 140 valence electrons. The smallest absolute Gasteiger partial charge is 0.277 e. The fraction of sp³-hybridized carbons (Fsp3) is 0.111. The van der Waals surface area contributed by atoms with E-state index in [0.717, 1.165) is 33.4 Å². The summed E-state index contributed by atoms with van der Waals surface area (Å²) in [5, 5.41) is 4.30. The van der Waals surface area contributed by atoms with Crippen LogP contribution in [0.25, 0.3) is 22.2 Å². The van der Waals surface area contributed by atoms with Gasteiger partial charge in [0.05, 0.1) is 10.7 Å². The van der Waals surface area contributed by atoms with E-state index in [-0.39, 0.29) is 13.6 Å². The van der Waals surface area contributed by atoms with Crippen LogP contribution in [0.2, 0.25) is 9.36 Å². The largest absolute Gasteiger partial charge is 0.361 e. The van der Waals surface area contributed by atoms with Crippen molar-refractivity contribution in [1.29, 1.82) is 0 Å². The van der Waals surface area contributed by atoms with E-state index in [2.05, 4.69) is 10.3 Å². The van der Waals surface area contributed by atoms with Gasteiger partial charge in [0.1, 0.15) is 8.55 Å². The van der Waals surface area contributed by atoms with Crippen LogP contribution in [0, 0.1) is 0 Å². The Morgan fingerprint density at radius 2 is 2.00 bits per heavy atom. The number of rotatable bonds is 5. The Bertz CT molecular complexity index is 1220. The average molecular weight is 440 g/mol. The van der Waals surface area contributed by atoms with Crippen LogP contribution in [0.5, 0.6) is 0 Å². The molecule has 0 aliphatic rings. The zero-order valence-electron chi connectivity index (χ0n) is 14.2. The molecule has 4 aromatic rings. The van der Waals surface area contributed by atoms with Crippen molar-refractivity contribution in [3.8, 4) is 11.3 Å². The molecule has 27 heavy (non-hydrogen) atoms. The molecule has 0 aliphatic carbocycles. The molecule has 0 spiro atoms. The number of fused-ring (bicyclic) bond motifs is 1. The van der Waals surface area contributed by atoms with Gasteiger partial charge in [0.2, 0.25) is 0 Å². The van der Waals surface area contributed by atoms with Gasteiger partial charge in [-0.05, 0) is 48.5 Å². The molecule has 0 aliphatic heterocycles. The SMILES string of the molecule is CNCc1cc(-c2ccc3[nH]ccc3c2)n(S(=O)(=O)c2cc(Cl)c(Cl)s2)c1. The summed E-state index contributed by atoms with van der Waals surface area (Å²) in [6.45, 7) is 0.549. The van der Waals surface area contributed by atoms with Crippen molar-refractivity contribution in [1.82, 2.24) is 14.3 Å². The molecule has 3 aromatic heterocycles. The second-order valence-corrected chi connectivity index (χ2v) is 10.1. The number of halogens is 2. The van der Waals surface area contributed by atoms with Gasteiger partial charge in [-0.15, -0.1) is 11.3 Å². The van der Waals surface area contributed by atoms with Crippen LogP contribution in [0.3, 0.4) is 0 Å². The highest BCUT2D eigenvalue weighted by Crippen LogP contribution is 2.37. The van der Waals surface area contributed by atoms with Gasteiger partial charge in [0, 0.05) is 29.8 Å². The van der Waals surface area contributed by atoms with Crippen molar-refractivity contribution in [2.75, 3.05) is 7.05 Å². The Labute approximate surface area is 170 Å². The predicted octanol–water partition coefficient (Wildman–Crippen LogP) is 4.96. The molecule has 0 fully saturated rings. The fourth-order valence-corrected chi connectivity index (χ4v) is 6.34. The highest BCUT2D eigenvalue weighted by atomic mass is 35.5. The Kier molecular flexibility index (Phi) is 4.82. The van der Waals surface area contributed by atoms with Crippen LogP contribution in [0.15, 0.2) is 53.0 Å². The molecular formula is C18H15Cl2N3O2S2. The summed E-state index contributed by atoms with van der Waals surface area (Å²) in [5.41, 5.74) is 3.25. The number of nitrogens with zero attached hydrogens (tertiary/aromatic N) is 1. The Morgan fingerprint density at radius 3 is 2.70 bits per heavy atom. The first-order valence-electron chi connectivity index (χ1n) is 8.04. The van der Waals surface area contributed by atoms with Crippen molar-refractivity contribution in [2.45, 2.75) is 10.8 Å².